The van der Waals surface area contributed by atoms with Crippen LogP contribution in [0.2, 0.25) is 18.1 Å². The summed E-state index contributed by atoms with van der Waals surface area (Å²) < 4.78 is 17.9. The number of amides is 1. The number of hydrogen-bond acceptors (Lipinski definition) is 5. The van der Waals surface area contributed by atoms with Gasteiger partial charge in [0.25, 0.3) is 0 Å². The molecule has 0 heterocycles. The summed E-state index contributed by atoms with van der Waals surface area (Å²) in [7, 11) is -0.873. The van der Waals surface area contributed by atoms with Gasteiger partial charge in [0, 0.05) is 0 Å². The average Bonchev–Trinajstić information content (AvgIpc) is 2.81. The molecule has 6 nitrogen and oxygen atoms in total. The van der Waals surface area contributed by atoms with E-state index in [1.54, 1.807) is 0 Å². The second kappa shape index (κ2) is 13.4. The summed E-state index contributed by atoms with van der Waals surface area (Å²) in [6.07, 6.45) is 0.534. The minimum absolute atomic E-state index is 0.0609. The summed E-state index contributed by atoms with van der Waals surface area (Å²) in [5.41, 5.74) is 1.47. The van der Waals surface area contributed by atoms with Crippen LogP contribution in [0.1, 0.15) is 59.1 Å². The zero-order valence-electron chi connectivity index (χ0n) is 24.7. The highest BCUT2D eigenvalue weighted by atomic mass is 28.4. The van der Waals surface area contributed by atoms with Crippen LogP contribution in [0.4, 0.5) is 4.79 Å². The topological polar surface area (TPSA) is 73.9 Å². The first kappa shape index (κ1) is 31.6. The minimum Gasteiger partial charge on any atom is -0.469 e. The van der Waals surface area contributed by atoms with Gasteiger partial charge in [0.05, 0.1) is 25.2 Å². The van der Waals surface area contributed by atoms with Crippen molar-refractivity contribution < 1.29 is 23.5 Å². The number of hydrogen-bond donors (Lipinski definition) is 1. The Kier molecular flexibility index (Phi) is 11.2. The zero-order valence-corrected chi connectivity index (χ0v) is 25.7. The molecule has 0 saturated carbocycles. The molecule has 0 saturated heterocycles. The molecule has 0 fully saturated rings. The van der Waals surface area contributed by atoms with Crippen molar-refractivity contribution in [2.75, 3.05) is 7.11 Å². The van der Waals surface area contributed by atoms with Gasteiger partial charge in [0.15, 0.2) is 8.32 Å². The summed E-state index contributed by atoms with van der Waals surface area (Å²) in [5.74, 6) is -0.718. The van der Waals surface area contributed by atoms with E-state index in [4.69, 9.17) is 13.9 Å². The third-order valence-electron chi connectivity index (χ3n) is 7.08. The van der Waals surface area contributed by atoms with E-state index in [0.29, 0.717) is 19.3 Å². The van der Waals surface area contributed by atoms with Gasteiger partial charge in [-0.25, -0.2) is 4.79 Å². The van der Waals surface area contributed by atoms with Crippen molar-refractivity contribution in [2.45, 2.75) is 96.7 Å². The number of methoxy groups -OCH3 is 1. The van der Waals surface area contributed by atoms with Crippen LogP contribution in [-0.2, 0) is 31.5 Å². The van der Waals surface area contributed by atoms with Crippen molar-refractivity contribution in [3.05, 3.63) is 71.8 Å². The van der Waals surface area contributed by atoms with Crippen molar-refractivity contribution in [1.82, 2.24) is 5.32 Å². The van der Waals surface area contributed by atoms with Gasteiger partial charge in [-0.2, -0.15) is 0 Å². The van der Waals surface area contributed by atoms with E-state index in [0.717, 1.165) is 11.1 Å². The first-order chi connectivity index (χ1) is 17.6. The lowest BCUT2D eigenvalue weighted by molar-refractivity contribution is -0.146. The first-order valence-corrected chi connectivity index (χ1v) is 16.3. The fourth-order valence-corrected chi connectivity index (χ4v) is 5.43. The molecule has 1 N–H and O–H groups in total. The van der Waals surface area contributed by atoms with Gasteiger partial charge < -0.3 is 19.2 Å². The lowest BCUT2D eigenvalue weighted by atomic mass is 9.89. The monoisotopic (exact) mass is 541 g/mol. The van der Waals surface area contributed by atoms with Gasteiger partial charge in [0.1, 0.15) is 5.60 Å². The molecule has 0 aliphatic heterocycles. The predicted molar refractivity (Wildman–Crippen MR) is 156 cm³/mol. The lowest BCUT2D eigenvalue weighted by Gasteiger charge is -2.42. The second-order valence-electron chi connectivity index (χ2n) is 12.5. The number of carbonyl (C=O) groups is 2. The molecule has 3 atom stereocenters. The Balaban J connectivity index is 2.49. The predicted octanol–water partition coefficient (Wildman–Crippen LogP) is 6.93. The van der Waals surface area contributed by atoms with E-state index in [1.165, 1.54) is 7.11 Å². The van der Waals surface area contributed by atoms with Crippen molar-refractivity contribution in [3.63, 3.8) is 0 Å². The van der Waals surface area contributed by atoms with Crippen molar-refractivity contribution in [2.24, 2.45) is 5.92 Å². The molecule has 2 aromatic carbocycles. The first-order valence-electron chi connectivity index (χ1n) is 13.4. The van der Waals surface area contributed by atoms with Crippen molar-refractivity contribution in [1.29, 1.82) is 0 Å². The highest BCUT2D eigenvalue weighted by molar-refractivity contribution is 6.74. The van der Waals surface area contributed by atoms with Gasteiger partial charge in [-0.05, 0) is 69.3 Å². The van der Waals surface area contributed by atoms with Crippen molar-refractivity contribution in [3.8, 4) is 0 Å². The number of rotatable bonds is 11. The van der Waals surface area contributed by atoms with Crippen LogP contribution in [0.25, 0.3) is 0 Å². The molecule has 0 spiro atoms. The summed E-state index contributed by atoms with van der Waals surface area (Å²) in [6, 6.07) is 19.5. The summed E-state index contributed by atoms with van der Waals surface area (Å²) in [4.78, 5) is 26.1. The number of nitrogens with one attached hydrogen (secondary N) is 1. The average molecular weight is 542 g/mol. The van der Waals surface area contributed by atoms with E-state index in [9.17, 15) is 9.59 Å². The molecule has 210 valence electrons. The third kappa shape index (κ3) is 10.3. The molecule has 1 amide bonds. The largest absolute Gasteiger partial charge is 0.469 e. The highest BCUT2D eigenvalue weighted by Gasteiger charge is 2.42. The smallest absolute Gasteiger partial charge is 0.407 e. The normalized spacial score (nSPS) is 14.8. The van der Waals surface area contributed by atoms with E-state index >= 15 is 0 Å². The molecule has 2 aromatic rings. The van der Waals surface area contributed by atoms with Crippen LogP contribution in [-0.4, -0.2) is 45.2 Å². The second-order valence-corrected chi connectivity index (χ2v) is 17.3. The highest BCUT2D eigenvalue weighted by Crippen LogP contribution is 2.39. The van der Waals surface area contributed by atoms with E-state index in [-0.39, 0.29) is 11.0 Å². The van der Waals surface area contributed by atoms with Crippen LogP contribution in [0.3, 0.4) is 0 Å². The Morgan fingerprint density at radius 3 is 1.79 bits per heavy atom. The molecular weight excluding hydrogens is 494 g/mol. The van der Waals surface area contributed by atoms with Crippen LogP contribution >= 0.6 is 0 Å². The van der Waals surface area contributed by atoms with Crippen LogP contribution < -0.4 is 5.32 Å². The van der Waals surface area contributed by atoms with Crippen LogP contribution in [0, 0.1) is 5.92 Å². The molecule has 3 unspecified atom stereocenters. The number of esters is 1. The van der Waals surface area contributed by atoms with Crippen LogP contribution in [0.15, 0.2) is 60.7 Å². The van der Waals surface area contributed by atoms with E-state index in [1.807, 2.05) is 81.4 Å². The number of alkyl carbamates (subject to hydrolysis) is 1. The molecule has 7 heteroatoms. The Morgan fingerprint density at radius 2 is 1.34 bits per heavy atom. The van der Waals surface area contributed by atoms with E-state index in [2.05, 4.69) is 39.2 Å². The lowest BCUT2D eigenvalue weighted by Crippen LogP contribution is -2.54. The number of benzene rings is 2. The van der Waals surface area contributed by atoms with Gasteiger partial charge >= 0.3 is 12.1 Å². The summed E-state index contributed by atoms with van der Waals surface area (Å²) in [5, 5.41) is 3.05. The van der Waals surface area contributed by atoms with Gasteiger partial charge in [-0.1, -0.05) is 81.4 Å². The maximum absolute atomic E-state index is 13.0. The Hall–Kier alpha value is -2.64. The molecular formula is C31H47NO5Si. The standard InChI is InChI=1S/C31H47NO5Si/c1-30(2,3)36-29(34)32-26(21-24-18-14-11-15-19-24)27(37-38(8,9)31(4,5)6)22-25(28(33)35-7)20-23-16-12-10-13-17-23/h10-19,25-27H,20-22H2,1-9H3,(H,32,34). The summed E-state index contributed by atoms with van der Waals surface area (Å²) in [6.45, 7) is 16.5. The number of ether oxygens (including phenoxy) is 2. The molecule has 0 aliphatic carbocycles. The van der Waals surface area contributed by atoms with Gasteiger partial charge in [0.2, 0.25) is 0 Å². The SMILES string of the molecule is COC(=O)C(Cc1ccccc1)CC(O[Si](C)(C)C(C)(C)C)C(Cc1ccccc1)NC(=O)OC(C)(C)C. The molecule has 2 rings (SSSR count). The fourth-order valence-electron chi connectivity index (χ4n) is 4.06. The fraction of sp³-hybridized carbons (Fsp3) is 0.548. The Labute approximate surface area is 230 Å². The maximum Gasteiger partial charge on any atom is 0.407 e. The molecule has 0 aromatic heterocycles. The van der Waals surface area contributed by atoms with Crippen molar-refractivity contribution >= 4 is 20.4 Å². The Bertz CT molecular complexity index is 1010. The Morgan fingerprint density at radius 1 is 0.842 bits per heavy atom. The molecule has 38 heavy (non-hydrogen) atoms. The van der Waals surface area contributed by atoms with Crippen LogP contribution in [0.5, 0.6) is 0 Å². The zero-order chi connectivity index (χ0) is 28.6. The van der Waals surface area contributed by atoms with Gasteiger partial charge in [-0.15, -0.1) is 0 Å². The molecule has 0 aliphatic rings. The quantitative estimate of drug-likeness (QED) is 0.246. The number of carbonyl (C=O) groups excluding carboxylic acids is 2. The molecule has 0 radical (unpaired) electrons. The summed E-state index contributed by atoms with van der Waals surface area (Å²) >= 11 is 0. The maximum atomic E-state index is 13.0. The third-order valence-corrected chi connectivity index (χ3v) is 11.6. The molecule has 0 bridgehead atoms. The van der Waals surface area contributed by atoms with E-state index < -0.39 is 38.1 Å². The van der Waals surface area contributed by atoms with Gasteiger partial charge in [-0.3, -0.25) is 4.79 Å². The minimum atomic E-state index is -2.29.